The van der Waals surface area contributed by atoms with Crippen LogP contribution in [0.5, 0.6) is 0 Å². The predicted molar refractivity (Wildman–Crippen MR) is 238 cm³/mol. The van der Waals surface area contributed by atoms with Gasteiger partial charge >= 0.3 is 67.1 Å². The molecule has 0 bridgehead atoms. The molecule has 7 heteroatoms. The van der Waals surface area contributed by atoms with Gasteiger partial charge in [0.1, 0.15) is 0 Å². The minimum Gasteiger partial charge on any atom is -1.00 e. The standard InChI is InChI=1S/2C24H27.C4H7F3Si.2ClH.Zr/c2*1-23(2,3)16-17-14-19-8-7-9-21(22(19)15-17)18-10-12-20(13-11-18)24(4,5)6;1-8-3-2-4(5,6)7;;;/h2*7-13,15-16H,1-6H3;2-3H2,1H3;2*1H;/q2*-1;;;;+2/p-2. The number of alkyl halides is 3. The smallest absolute Gasteiger partial charge is 1.00 e. The first-order valence-corrected chi connectivity index (χ1v) is 25.9. The van der Waals surface area contributed by atoms with E-state index in [1.807, 2.05) is 6.55 Å². The van der Waals surface area contributed by atoms with Gasteiger partial charge in [-0.1, -0.05) is 167 Å². The van der Waals surface area contributed by atoms with Crippen molar-refractivity contribution in [2.45, 2.75) is 119 Å². The molecule has 0 radical (unpaired) electrons. The monoisotopic (exact) mass is 930 g/mol. The zero-order valence-electron chi connectivity index (χ0n) is 37.2. The van der Waals surface area contributed by atoms with E-state index in [9.17, 15) is 13.2 Å². The van der Waals surface area contributed by atoms with E-state index in [4.69, 9.17) is 0 Å². The van der Waals surface area contributed by atoms with Crippen molar-refractivity contribution in [3.05, 3.63) is 140 Å². The molecule has 59 heavy (non-hydrogen) atoms. The third-order valence-electron chi connectivity index (χ3n) is 9.45. The van der Waals surface area contributed by atoms with Crippen LogP contribution >= 0.6 is 0 Å². The van der Waals surface area contributed by atoms with E-state index in [1.165, 1.54) is 88.7 Å². The average molecular weight is 933 g/mol. The number of hydrogen-bond acceptors (Lipinski definition) is 0. The summed E-state index contributed by atoms with van der Waals surface area (Å²) in [7, 11) is 0. The molecule has 0 nitrogen and oxygen atoms in total. The normalized spacial score (nSPS) is 14.7. The van der Waals surface area contributed by atoms with E-state index in [0.717, 1.165) is 0 Å². The van der Waals surface area contributed by atoms with Crippen LogP contribution in [0.15, 0.2) is 108 Å². The van der Waals surface area contributed by atoms with Crippen molar-refractivity contribution in [1.29, 1.82) is 0 Å². The van der Waals surface area contributed by atoms with Gasteiger partial charge in [-0.25, -0.2) is 0 Å². The van der Waals surface area contributed by atoms with Crippen molar-refractivity contribution in [2.75, 3.05) is 0 Å². The summed E-state index contributed by atoms with van der Waals surface area (Å²) in [6.45, 7) is 28.8. The molecule has 0 heterocycles. The third kappa shape index (κ3) is 16.6. The summed E-state index contributed by atoms with van der Waals surface area (Å²) in [5, 5.41) is 4.97. The van der Waals surface area contributed by atoms with Gasteiger partial charge in [-0.3, -0.25) is 0 Å². The second-order valence-electron chi connectivity index (χ2n) is 19.6. The number of halogens is 5. The first-order chi connectivity index (χ1) is 26.2. The Bertz CT molecular complexity index is 2220. The molecule has 0 aromatic heterocycles. The zero-order valence-corrected chi connectivity index (χ0v) is 42.2. The maximum Gasteiger partial charge on any atom is -1.00 e. The summed E-state index contributed by atoms with van der Waals surface area (Å²) >= 11 is 1.29. The molecule has 4 aromatic rings. The van der Waals surface area contributed by atoms with Crippen LogP contribution in [0, 0.1) is 10.8 Å². The van der Waals surface area contributed by atoms with E-state index in [1.54, 1.807) is 0 Å². The molecule has 0 atom stereocenters. The molecule has 0 fully saturated rings. The quantitative estimate of drug-likeness (QED) is 0.168. The second-order valence-corrected chi connectivity index (χ2v) is 27.9. The maximum absolute atomic E-state index is 11.4. The van der Waals surface area contributed by atoms with Crippen LogP contribution in [-0.4, -0.2) is 11.6 Å². The van der Waals surface area contributed by atoms with Crippen molar-refractivity contribution in [1.82, 2.24) is 0 Å². The fourth-order valence-electron chi connectivity index (χ4n) is 6.57. The van der Waals surface area contributed by atoms with Crippen LogP contribution in [0.4, 0.5) is 13.2 Å². The summed E-state index contributed by atoms with van der Waals surface area (Å²) in [6, 6.07) is 31.4. The first kappa shape index (κ1) is 52.4. The number of benzene rings is 4. The molecule has 2 aliphatic rings. The van der Waals surface area contributed by atoms with Gasteiger partial charge in [0.15, 0.2) is 0 Å². The molecule has 2 aliphatic carbocycles. The molecule has 6 rings (SSSR count). The number of fused-ring (bicyclic) bond motifs is 2. The van der Waals surface area contributed by atoms with Crippen LogP contribution < -0.4 is 45.7 Å². The molecule has 0 aliphatic heterocycles. The fraction of sp³-hybridized carbons (Fsp3) is 0.385. The molecule has 0 spiro atoms. The van der Waals surface area contributed by atoms with Crippen molar-refractivity contribution in [3.63, 3.8) is 0 Å². The van der Waals surface area contributed by atoms with Crippen molar-refractivity contribution in [2.24, 2.45) is 10.8 Å². The van der Waals surface area contributed by atoms with Crippen molar-refractivity contribution >= 4 is 29.7 Å². The zero-order chi connectivity index (χ0) is 42.6. The molecular formula is C52H61Cl2F3SiZr-2. The van der Waals surface area contributed by atoms with Gasteiger partial charge in [-0.2, -0.15) is 0 Å². The minimum absolute atomic E-state index is 0. The molecule has 0 amide bonds. The summed E-state index contributed by atoms with van der Waals surface area (Å²) in [6.07, 6.45) is 11.7. The van der Waals surface area contributed by atoms with Gasteiger partial charge < -0.3 is 24.8 Å². The molecule has 314 valence electrons. The van der Waals surface area contributed by atoms with Crippen LogP contribution in [0.25, 0.3) is 46.6 Å². The van der Waals surface area contributed by atoms with Gasteiger partial charge in [0.05, 0.1) is 0 Å². The molecular weight excluding hydrogens is 872 g/mol. The molecule has 0 N–H and O–H groups in total. The van der Waals surface area contributed by atoms with Crippen LogP contribution in [-0.2, 0) is 34.2 Å². The Kier molecular flexibility index (Phi) is 18.6. The van der Waals surface area contributed by atoms with Gasteiger partial charge in [-0.05, 0) is 43.9 Å². The van der Waals surface area contributed by atoms with E-state index in [-0.39, 0.29) is 46.5 Å². The summed E-state index contributed by atoms with van der Waals surface area (Å²) in [5.41, 5.74) is 10.3. The molecule has 0 unspecified atom stereocenters. The number of allylic oxidation sites excluding steroid dienone is 4. The largest absolute Gasteiger partial charge is 1.00 e. The number of hydrogen-bond donors (Lipinski definition) is 0. The van der Waals surface area contributed by atoms with E-state index in [0.29, 0.717) is 6.04 Å². The van der Waals surface area contributed by atoms with E-state index < -0.39 is 18.0 Å². The Morgan fingerprint density at radius 2 is 0.881 bits per heavy atom. The van der Waals surface area contributed by atoms with Gasteiger partial charge in [0, 0.05) is 0 Å². The van der Waals surface area contributed by atoms with Crippen molar-refractivity contribution < 1.29 is 61.3 Å². The Balaban J connectivity index is 0.000000329. The topological polar surface area (TPSA) is 0 Å². The first-order valence-electron chi connectivity index (χ1n) is 20.0. The third-order valence-corrected chi connectivity index (χ3v) is 12.3. The summed E-state index contributed by atoms with van der Waals surface area (Å²) in [5.74, 6) is 0. The SMILES string of the molecule is CC(C)(C)C=C1[C-]=c2cccc(-c3ccc(C(C)(C)C)cc3)c2=C1.CC(C)(C)C=C1[C-]=c2cccc(-c3ccc(C(C)(C)C)cc3)c2=C1.C[Si](=[Zr+2])CCC(F)(F)F.[Cl-].[Cl-]. The van der Waals surface area contributed by atoms with Gasteiger partial charge in [-0.15, -0.1) is 80.6 Å². The van der Waals surface area contributed by atoms with E-state index in [2.05, 4.69) is 204 Å². The Morgan fingerprint density at radius 1 is 0.542 bits per heavy atom. The number of rotatable bonds is 4. The average Bonchev–Trinajstić information content (AvgIpc) is 3.68. The Labute approximate surface area is 380 Å². The fourth-order valence-corrected chi connectivity index (χ4v) is 8.15. The van der Waals surface area contributed by atoms with Crippen LogP contribution in [0.1, 0.15) is 101 Å². The second kappa shape index (κ2) is 20.9. The minimum atomic E-state index is -3.93. The molecule has 4 aromatic carbocycles. The summed E-state index contributed by atoms with van der Waals surface area (Å²) < 4.78 is 34.3. The van der Waals surface area contributed by atoms with Crippen molar-refractivity contribution in [3.8, 4) is 22.3 Å². The Morgan fingerprint density at radius 3 is 1.14 bits per heavy atom. The van der Waals surface area contributed by atoms with Crippen LogP contribution in [0.2, 0.25) is 12.6 Å². The summed E-state index contributed by atoms with van der Waals surface area (Å²) in [4.78, 5) is 0. The van der Waals surface area contributed by atoms with Gasteiger partial charge in [0.2, 0.25) is 0 Å². The molecule has 0 saturated heterocycles. The van der Waals surface area contributed by atoms with Gasteiger partial charge in [0.25, 0.3) is 0 Å². The Hall–Kier alpha value is -2.69. The maximum atomic E-state index is 11.4. The predicted octanol–water partition coefficient (Wildman–Crippen LogP) is 6.27. The van der Waals surface area contributed by atoms with Crippen LogP contribution in [0.3, 0.4) is 0 Å². The molecule has 0 saturated carbocycles. The van der Waals surface area contributed by atoms with E-state index >= 15 is 0 Å².